The fraction of sp³-hybridized carbons (Fsp3) is 0.0455. The highest BCUT2D eigenvalue weighted by molar-refractivity contribution is 6.34. The van der Waals surface area contributed by atoms with Gasteiger partial charge in [-0.3, -0.25) is 4.98 Å². The molecule has 7 nitrogen and oxygen atoms in total. The van der Waals surface area contributed by atoms with E-state index in [9.17, 15) is 14.7 Å². The molecule has 30 heavy (non-hydrogen) atoms. The van der Waals surface area contributed by atoms with Crippen molar-refractivity contribution in [1.82, 2.24) is 4.98 Å². The van der Waals surface area contributed by atoms with E-state index in [2.05, 4.69) is 4.98 Å². The third-order valence-corrected chi connectivity index (χ3v) is 4.84. The highest BCUT2D eigenvalue weighted by Gasteiger charge is 2.28. The van der Waals surface area contributed by atoms with Gasteiger partial charge in [0.25, 0.3) is 0 Å². The number of halogens is 1. The van der Waals surface area contributed by atoms with Crippen molar-refractivity contribution in [3.05, 3.63) is 77.6 Å². The molecule has 2 heterocycles. The first kappa shape index (κ1) is 19.5. The summed E-state index contributed by atoms with van der Waals surface area (Å²) >= 11 is 6.07. The van der Waals surface area contributed by atoms with E-state index in [0.717, 1.165) is 21.4 Å². The van der Waals surface area contributed by atoms with Crippen molar-refractivity contribution in [2.75, 3.05) is 12.0 Å². The van der Waals surface area contributed by atoms with Gasteiger partial charge >= 0.3 is 12.1 Å². The van der Waals surface area contributed by atoms with Crippen LogP contribution in [-0.4, -0.2) is 29.3 Å². The molecule has 0 saturated heterocycles. The molecule has 1 N–H and O–H groups in total. The van der Waals surface area contributed by atoms with Gasteiger partial charge < -0.3 is 14.3 Å². The molecule has 8 heteroatoms. The van der Waals surface area contributed by atoms with E-state index in [1.807, 2.05) is 24.3 Å². The van der Waals surface area contributed by atoms with Gasteiger partial charge in [-0.1, -0.05) is 29.8 Å². The molecule has 0 radical (unpaired) electrons. The van der Waals surface area contributed by atoms with Gasteiger partial charge in [-0.25, -0.2) is 14.5 Å². The van der Waals surface area contributed by atoms with Crippen LogP contribution in [0, 0.1) is 0 Å². The van der Waals surface area contributed by atoms with Crippen LogP contribution in [0.3, 0.4) is 0 Å². The maximum atomic E-state index is 12.6. The van der Waals surface area contributed by atoms with E-state index in [1.54, 1.807) is 30.6 Å². The van der Waals surface area contributed by atoms with E-state index in [0.29, 0.717) is 5.58 Å². The maximum absolute atomic E-state index is 12.6. The minimum atomic E-state index is -1.28. The Kier molecular flexibility index (Phi) is 5.12. The average Bonchev–Trinajstić information content (AvgIpc) is 3.16. The second-order valence-electron chi connectivity index (χ2n) is 6.32. The van der Waals surface area contributed by atoms with Gasteiger partial charge in [0.15, 0.2) is 0 Å². The van der Waals surface area contributed by atoms with Crippen LogP contribution in [0.1, 0.15) is 10.4 Å². The molecule has 0 saturated carbocycles. The summed E-state index contributed by atoms with van der Waals surface area (Å²) in [6.45, 7) is 0. The normalized spacial score (nSPS) is 10.7. The molecule has 4 rings (SSSR count). The minimum absolute atomic E-state index is 0.0103. The predicted octanol–water partition coefficient (Wildman–Crippen LogP) is 5.75. The topological polar surface area (TPSA) is 92.9 Å². The first-order valence-electron chi connectivity index (χ1n) is 8.83. The molecule has 0 bridgehead atoms. The summed E-state index contributed by atoms with van der Waals surface area (Å²) in [5.41, 5.74) is 2.16. The third kappa shape index (κ3) is 3.46. The Morgan fingerprint density at radius 3 is 2.63 bits per heavy atom. The van der Waals surface area contributed by atoms with E-state index in [-0.39, 0.29) is 22.2 Å². The first-order valence-corrected chi connectivity index (χ1v) is 9.21. The number of fused-ring (bicyclic) bond motifs is 1. The fourth-order valence-electron chi connectivity index (χ4n) is 3.16. The van der Waals surface area contributed by atoms with Crippen molar-refractivity contribution in [3.8, 4) is 11.1 Å². The minimum Gasteiger partial charge on any atom is -0.478 e. The molecule has 0 aliphatic rings. The number of nitrogens with zero attached hydrogens (tertiary/aromatic N) is 2. The van der Waals surface area contributed by atoms with E-state index in [4.69, 9.17) is 20.8 Å². The standard InChI is InChI=1S/C22H15ClN2O5/c1-29-22(28)25(17-6-2-5-16(23)20(17)21(26)27)19-11-15-10-13(7-8-18(15)30-19)14-4-3-9-24-12-14/h2-12H,1H3,(H,26,27). The molecule has 1 amide bonds. The number of benzene rings is 2. The van der Waals surface area contributed by atoms with Crippen LogP contribution in [0.5, 0.6) is 0 Å². The van der Waals surface area contributed by atoms with Gasteiger partial charge in [0.1, 0.15) is 11.1 Å². The summed E-state index contributed by atoms with van der Waals surface area (Å²) < 4.78 is 10.7. The highest BCUT2D eigenvalue weighted by Crippen LogP contribution is 2.37. The number of methoxy groups -OCH3 is 1. The largest absolute Gasteiger partial charge is 0.478 e. The Hall–Kier alpha value is -3.84. The quantitative estimate of drug-likeness (QED) is 0.450. The number of rotatable bonds is 4. The number of hydrogen-bond donors (Lipinski definition) is 1. The summed E-state index contributed by atoms with van der Waals surface area (Å²) in [5.74, 6) is -1.18. The number of aromatic carboxylic acids is 1. The number of anilines is 2. The van der Waals surface area contributed by atoms with Crippen molar-refractivity contribution < 1.29 is 23.8 Å². The molecule has 150 valence electrons. The molecule has 0 spiro atoms. The molecule has 0 atom stereocenters. The van der Waals surface area contributed by atoms with Crippen LogP contribution in [0.25, 0.3) is 22.1 Å². The van der Waals surface area contributed by atoms with Crippen LogP contribution in [0.4, 0.5) is 16.4 Å². The third-order valence-electron chi connectivity index (χ3n) is 4.52. The first-order chi connectivity index (χ1) is 14.5. The number of aromatic nitrogens is 1. The second-order valence-corrected chi connectivity index (χ2v) is 6.73. The van der Waals surface area contributed by atoms with Crippen LogP contribution < -0.4 is 4.90 Å². The number of furan rings is 1. The van der Waals surface area contributed by atoms with Crippen LogP contribution in [0.2, 0.25) is 5.02 Å². The zero-order valence-electron chi connectivity index (χ0n) is 15.7. The van der Waals surface area contributed by atoms with Crippen molar-refractivity contribution >= 4 is 46.2 Å². The molecule has 0 unspecified atom stereocenters. The van der Waals surface area contributed by atoms with Gasteiger partial charge in [-0.2, -0.15) is 0 Å². The van der Waals surface area contributed by atoms with Gasteiger partial charge in [-0.05, 0) is 35.9 Å². The lowest BCUT2D eigenvalue weighted by Crippen LogP contribution is -2.27. The van der Waals surface area contributed by atoms with Crippen LogP contribution in [0.15, 0.2) is 71.4 Å². The molecular weight excluding hydrogens is 408 g/mol. The Morgan fingerprint density at radius 2 is 1.93 bits per heavy atom. The second kappa shape index (κ2) is 7.88. The van der Waals surface area contributed by atoms with E-state index in [1.165, 1.54) is 19.2 Å². The van der Waals surface area contributed by atoms with Crippen molar-refractivity contribution in [2.45, 2.75) is 0 Å². The highest BCUT2D eigenvalue weighted by atomic mass is 35.5. The SMILES string of the molecule is COC(=O)N(c1cc2cc(-c3cccnc3)ccc2o1)c1cccc(Cl)c1C(=O)O. The van der Waals surface area contributed by atoms with E-state index < -0.39 is 12.1 Å². The number of carbonyl (C=O) groups is 2. The average molecular weight is 423 g/mol. The summed E-state index contributed by atoms with van der Waals surface area (Å²) in [6.07, 6.45) is 2.62. The molecule has 0 aliphatic heterocycles. The number of hydrogen-bond acceptors (Lipinski definition) is 5. The summed E-state index contributed by atoms with van der Waals surface area (Å²) in [6, 6.07) is 15.4. The number of amides is 1. The van der Waals surface area contributed by atoms with Crippen molar-refractivity contribution in [3.63, 3.8) is 0 Å². The molecule has 2 aromatic heterocycles. The Bertz CT molecular complexity index is 1250. The van der Waals surface area contributed by atoms with Crippen molar-refractivity contribution in [2.24, 2.45) is 0 Å². The van der Waals surface area contributed by atoms with Crippen molar-refractivity contribution in [1.29, 1.82) is 0 Å². The molecular formula is C22H15ClN2O5. The number of pyridine rings is 1. The fourth-order valence-corrected chi connectivity index (χ4v) is 3.41. The smallest absolute Gasteiger partial charge is 0.421 e. The molecule has 0 fully saturated rings. The number of ether oxygens (including phenoxy) is 1. The Labute approximate surface area is 176 Å². The van der Waals surface area contributed by atoms with Gasteiger partial charge in [0.2, 0.25) is 5.88 Å². The molecule has 4 aromatic rings. The lowest BCUT2D eigenvalue weighted by atomic mass is 10.1. The monoisotopic (exact) mass is 422 g/mol. The van der Waals surface area contributed by atoms with E-state index >= 15 is 0 Å². The molecule has 2 aromatic carbocycles. The lowest BCUT2D eigenvalue weighted by molar-refractivity contribution is 0.0698. The zero-order valence-corrected chi connectivity index (χ0v) is 16.5. The number of carbonyl (C=O) groups excluding carboxylic acids is 1. The Balaban J connectivity index is 1.86. The summed E-state index contributed by atoms with van der Waals surface area (Å²) in [7, 11) is 1.20. The number of carboxylic acids is 1. The van der Waals surface area contributed by atoms with Gasteiger partial charge in [0, 0.05) is 29.4 Å². The lowest BCUT2D eigenvalue weighted by Gasteiger charge is -2.20. The molecule has 0 aliphatic carbocycles. The number of carboxylic acid groups (broad SMARTS) is 1. The maximum Gasteiger partial charge on any atom is 0.421 e. The van der Waals surface area contributed by atoms with Gasteiger partial charge in [-0.15, -0.1) is 0 Å². The van der Waals surface area contributed by atoms with Crippen LogP contribution in [-0.2, 0) is 4.74 Å². The zero-order chi connectivity index (χ0) is 21.3. The summed E-state index contributed by atoms with van der Waals surface area (Å²) in [4.78, 5) is 29.5. The predicted molar refractivity (Wildman–Crippen MR) is 112 cm³/mol. The summed E-state index contributed by atoms with van der Waals surface area (Å²) in [5, 5.41) is 10.3. The Morgan fingerprint density at radius 1 is 1.10 bits per heavy atom. The van der Waals surface area contributed by atoms with Gasteiger partial charge in [0.05, 0.1) is 17.8 Å². The van der Waals surface area contributed by atoms with Crippen LogP contribution >= 0.6 is 11.6 Å².